The molecular formula is C13H20N2S. The lowest BCUT2D eigenvalue weighted by Crippen LogP contribution is -2.49. The third-order valence-corrected chi connectivity index (χ3v) is 5.34. The Balaban J connectivity index is 1.71. The molecule has 1 aromatic heterocycles. The lowest BCUT2D eigenvalue weighted by Gasteiger charge is -2.41. The molecule has 0 aliphatic heterocycles. The van der Waals surface area contributed by atoms with Gasteiger partial charge >= 0.3 is 0 Å². The minimum atomic E-state index is 0.384. The summed E-state index contributed by atoms with van der Waals surface area (Å²) in [7, 11) is 0. The van der Waals surface area contributed by atoms with Gasteiger partial charge in [0.25, 0.3) is 0 Å². The van der Waals surface area contributed by atoms with Crippen LogP contribution in [0.25, 0.3) is 0 Å². The molecule has 16 heavy (non-hydrogen) atoms. The van der Waals surface area contributed by atoms with Gasteiger partial charge in [0.2, 0.25) is 0 Å². The van der Waals surface area contributed by atoms with E-state index >= 15 is 0 Å². The van der Waals surface area contributed by atoms with Crippen LogP contribution in [-0.4, -0.2) is 10.5 Å². The molecule has 0 bridgehead atoms. The SMILES string of the molecule is CC(NC1(C)CCC1)c1nc2c(s1)CCC2. The van der Waals surface area contributed by atoms with Crippen molar-refractivity contribution in [3.63, 3.8) is 0 Å². The molecule has 1 aromatic rings. The first-order valence-corrected chi connectivity index (χ1v) is 7.24. The van der Waals surface area contributed by atoms with Crippen molar-refractivity contribution >= 4 is 11.3 Å². The van der Waals surface area contributed by atoms with Gasteiger partial charge in [-0.2, -0.15) is 0 Å². The van der Waals surface area contributed by atoms with E-state index in [0.29, 0.717) is 11.6 Å². The minimum Gasteiger partial charge on any atom is -0.303 e. The summed E-state index contributed by atoms with van der Waals surface area (Å²) >= 11 is 1.93. The maximum Gasteiger partial charge on any atom is 0.110 e. The molecule has 0 saturated heterocycles. The topological polar surface area (TPSA) is 24.9 Å². The molecule has 0 spiro atoms. The van der Waals surface area contributed by atoms with Gasteiger partial charge in [0.05, 0.1) is 11.7 Å². The van der Waals surface area contributed by atoms with Crippen LogP contribution in [0.3, 0.4) is 0 Å². The highest BCUT2D eigenvalue weighted by Crippen LogP contribution is 2.36. The molecular weight excluding hydrogens is 216 g/mol. The van der Waals surface area contributed by atoms with Gasteiger partial charge in [-0.25, -0.2) is 4.98 Å². The fourth-order valence-electron chi connectivity index (χ4n) is 2.83. The quantitative estimate of drug-likeness (QED) is 0.871. The molecule has 2 nitrogen and oxygen atoms in total. The van der Waals surface area contributed by atoms with Crippen LogP contribution in [-0.2, 0) is 12.8 Å². The minimum absolute atomic E-state index is 0.384. The summed E-state index contributed by atoms with van der Waals surface area (Å²) in [6.07, 6.45) is 7.80. The van der Waals surface area contributed by atoms with Gasteiger partial charge in [-0.15, -0.1) is 11.3 Å². The van der Waals surface area contributed by atoms with Crippen molar-refractivity contribution in [1.29, 1.82) is 0 Å². The van der Waals surface area contributed by atoms with Gasteiger partial charge in [-0.3, -0.25) is 0 Å². The van der Waals surface area contributed by atoms with Crippen LogP contribution in [0.5, 0.6) is 0 Å². The van der Waals surface area contributed by atoms with Crippen LogP contribution in [0.1, 0.15) is 61.2 Å². The predicted molar refractivity (Wildman–Crippen MR) is 67.9 cm³/mol. The van der Waals surface area contributed by atoms with E-state index in [1.54, 1.807) is 4.88 Å². The first-order valence-electron chi connectivity index (χ1n) is 6.42. The number of aryl methyl sites for hydroxylation is 2. The van der Waals surface area contributed by atoms with Crippen LogP contribution in [0.15, 0.2) is 0 Å². The largest absolute Gasteiger partial charge is 0.303 e. The summed E-state index contributed by atoms with van der Waals surface area (Å²) < 4.78 is 0. The van der Waals surface area contributed by atoms with E-state index in [1.807, 2.05) is 11.3 Å². The molecule has 0 radical (unpaired) electrons. The standard InChI is InChI=1S/C13H20N2S/c1-9(15-13(2)7-4-8-13)12-14-10-5-3-6-11(10)16-12/h9,15H,3-8H2,1-2H3. The normalized spacial score (nSPS) is 23.9. The molecule has 3 rings (SSSR count). The number of hydrogen-bond donors (Lipinski definition) is 1. The van der Waals surface area contributed by atoms with E-state index in [4.69, 9.17) is 4.98 Å². The van der Waals surface area contributed by atoms with Crippen molar-refractivity contribution in [1.82, 2.24) is 10.3 Å². The Morgan fingerprint density at radius 3 is 2.75 bits per heavy atom. The maximum atomic E-state index is 4.79. The van der Waals surface area contributed by atoms with Crippen molar-refractivity contribution in [3.8, 4) is 0 Å². The van der Waals surface area contributed by atoms with E-state index < -0.39 is 0 Å². The molecule has 88 valence electrons. The fourth-order valence-corrected chi connectivity index (χ4v) is 3.99. The van der Waals surface area contributed by atoms with E-state index in [1.165, 1.54) is 49.2 Å². The monoisotopic (exact) mass is 236 g/mol. The lowest BCUT2D eigenvalue weighted by atomic mass is 9.78. The molecule has 0 aromatic carbocycles. The van der Waals surface area contributed by atoms with Crippen LogP contribution in [0.2, 0.25) is 0 Å². The Morgan fingerprint density at radius 2 is 2.12 bits per heavy atom. The first-order chi connectivity index (χ1) is 7.66. The second kappa shape index (κ2) is 3.81. The summed E-state index contributed by atoms with van der Waals surface area (Å²) in [5, 5.41) is 5.05. The van der Waals surface area contributed by atoms with Gasteiger partial charge in [-0.1, -0.05) is 0 Å². The first kappa shape index (κ1) is 10.7. The molecule has 1 fully saturated rings. The summed E-state index contributed by atoms with van der Waals surface area (Å²) in [5.74, 6) is 0. The molecule has 1 N–H and O–H groups in total. The van der Waals surface area contributed by atoms with E-state index in [2.05, 4.69) is 19.2 Å². The van der Waals surface area contributed by atoms with Crippen LogP contribution in [0, 0.1) is 0 Å². The number of rotatable bonds is 3. The molecule has 2 aliphatic rings. The molecule has 0 amide bonds. The lowest BCUT2D eigenvalue weighted by molar-refractivity contribution is 0.189. The van der Waals surface area contributed by atoms with Crippen molar-refractivity contribution < 1.29 is 0 Å². The zero-order chi connectivity index (χ0) is 11.2. The summed E-state index contributed by atoms with van der Waals surface area (Å²) in [6.45, 7) is 4.60. The molecule has 3 heteroatoms. The molecule has 1 atom stereocenters. The maximum absolute atomic E-state index is 4.79. The average molecular weight is 236 g/mol. The number of nitrogens with one attached hydrogen (secondary N) is 1. The zero-order valence-corrected chi connectivity index (χ0v) is 11.0. The van der Waals surface area contributed by atoms with Gasteiger partial charge < -0.3 is 5.32 Å². The molecule has 1 heterocycles. The third kappa shape index (κ3) is 1.80. The highest BCUT2D eigenvalue weighted by atomic mass is 32.1. The van der Waals surface area contributed by atoms with Crippen molar-refractivity contribution in [2.75, 3.05) is 0 Å². The van der Waals surface area contributed by atoms with Crippen molar-refractivity contribution in [2.24, 2.45) is 0 Å². The summed E-state index contributed by atoms with van der Waals surface area (Å²) in [6, 6.07) is 0.431. The van der Waals surface area contributed by atoms with Crippen LogP contribution in [0.4, 0.5) is 0 Å². The van der Waals surface area contributed by atoms with E-state index in [9.17, 15) is 0 Å². The summed E-state index contributed by atoms with van der Waals surface area (Å²) in [5.41, 5.74) is 1.77. The zero-order valence-electron chi connectivity index (χ0n) is 10.2. The Morgan fingerprint density at radius 1 is 1.31 bits per heavy atom. The highest BCUT2D eigenvalue weighted by Gasteiger charge is 2.33. The number of aromatic nitrogens is 1. The van der Waals surface area contributed by atoms with E-state index in [0.717, 1.165) is 0 Å². The van der Waals surface area contributed by atoms with E-state index in [-0.39, 0.29) is 0 Å². The fraction of sp³-hybridized carbons (Fsp3) is 0.769. The van der Waals surface area contributed by atoms with Gasteiger partial charge in [-0.05, 0) is 52.4 Å². The Hall–Kier alpha value is -0.410. The summed E-state index contributed by atoms with van der Waals surface area (Å²) in [4.78, 5) is 6.33. The van der Waals surface area contributed by atoms with Crippen LogP contribution >= 0.6 is 11.3 Å². The number of hydrogen-bond acceptors (Lipinski definition) is 3. The molecule has 2 aliphatic carbocycles. The van der Waals surface area contributed by atoms with Gasteiger partial charge in [0.15, 0.2) is 0 Å². The smallest absolute Gasteiger partial charge is 0.110 e. The Kier molecular flexibility index (Phi) is 2.55. The second-order valence-electron chi connectivity index (χ2n) is 5.56. The Bertz CT molecular complexity index is 371. The number of thiazole rings is 1. The van der Waals surface area contributed by atoms with Crippen LogP contribution < -0.4 is 5.32 Å². The molecule has 1 saturated carbocycles. The van der Waals surface area contributed by atoms with Gasteiger partial charge in [0, 0.05) is 10.4 Å². The van der Waals surface area contributed by atoms with Crippen molar-refractivity contribution in [2.45, 2.75) is 64.0 Å². The van der Waals surface area contributed by atoms with Gasteiger partial charge in [0.1, 0.15) is 5.01 Å². The third-order valence-electron chi connectivity index (χ3n) is 4.00. The number of nitrogens with zero attached hydrogens (tertiary/aromatic N) is 1. The number of fused-ring (bicyclic) bond motifs is 1. The van der Waals surface area contributed by atoms with Crippen molar-refractivity contribution in [3.05, 3.63) is 15.6 Å². The second-order valence-corrected chi connectivity index (χ2v) is 6.67. The average Bonchev–Trinajstić information content (AvgIpc) is 2.73. The predicted octanol–water partition coefficient (Wildman–Crippen LogP) is 3.23. The highest BCUT2D eigenvalue weighted by molar-refractivity contribution is 7.11. The molecule has 1 unspecified atom stereocenters. The Labute approximate surface area is 101 Å².